The second-order valence-electron chi connectivity index (χ2n) is 14.6. The van der Waals surface area contributed by atoms with Crippen molar-refractivity contribution >= 4 is 54.7 Å². The molecule has 0 unspecified atom stereocenters. The fourth-order valence-electron chi connectivity index (χ4n) is 9.14. The molecule has 0 N–H and O–H groups in total. The van der Waals surface area contributed by atoms with Crippen molar-refractivity contribution in [1.82, 2.24) is 0 Å². The average molecular weight is 713 g/mol. The fourth-order valence-corrected chi connectivity index (χ4v) is 9.14. The van der Waals surface area contributed by atoms with E-state index in [9.17, 15) is 0 Å². The van der Waals surface area contributed by atoms with Gasteiger partial charge in [-0.3, -0.25) is 9.59 Å². The van der Waals surface area contributed by atoms with Gasteiger partial charge >= 0.3 is 0 Å². The zero-order valence-electron chi connectivity index (χ0n) is 30.3. The maximum atomic E-state index is 16.1. The Kier molecular flexibility index (Phi) is 7.20. The van der Waals surface area contributed by atoms with Crippen LogP contribution >= 0.6 is 0 Å². The van der Waals surface area contributed by atoms with E-state index in [0.29, 0.717) is 22.3 Å². The molecule has 0 aromatic heterocycles. The van der Waals surface area contributed by atoms with Gasteiger partial charge in [-0.25, -0.2) is 0 Å². The second kappa shape index (κ2) is 12.6. The quantitative estimate of drug-likeness (QED) is 0.182. The third-order valence-electron chi connectivity index (χ3n) is 11.6. The minimum Gasteiger partial charge on any atom is -0.289 e. The lowest BCUT2D eigenvalue weighted by Gasteiger charge is -2.28. The predicted molar refractivity (Wildman–Crippen MR) is 232 cm³/mol. The van der Waals surface area contributed by atoms with E-state index in [1.165, 1.54) is 0 Å². The SMILES string of the molecule is O=C1c2c(-c3cccc4ccccc34)ccc(-c3cccc4ccccc34)c2C(=O)c2c(-c3cccc4ccccc34)ccc(-c3cccc4ccccc34)c21. The highest BCUT2D eigenvalue weighted by Gasteiger charge is 2.39. The van der Waals surface area contributed by atoms with Gasteiger partial charge in [0.05, 0.1) is 0 Å². The number of hydrogen-bond donors (Lipinski definition) is 0. The van der Waals surface area contributed by atoms with Crippen LogP contribution in [0.4, 0.5) is 0 Å². The van der Waals surface area contributed by atoms with Crippen molar-refractivity contribution in [1.29, 1.82) is 0 Å². The molecule has 0 spiro atoms. The van der Waals surface area contributed by atoms with Gasteiger partial charge in [-0.05, 0) is 87.6 Å². The molecular formula is C54H32O2. The normalized spacial score (nSPS) is 12.4. The van der Waals surface area contributed by atoms with Crippen molar-refractivity contribution in [2.45, 2.75) is 0 Å². The summed E-state index contributed by atoms with van der Waals surface area (Å²) in [4.78, 5) is 32.1. The molecule has 0 radical (unpaired) electrons. The molecule has 10 aromatic rings. The third-order valence-corrected chi connectivity index (χ3v) is 11.6. The first-order chi connectivity index (χ1) is 27.7. The summed E-state index contributed by atoms with van der Waals surface area (Å²) < 4.78 is 0. The highest BCUT2D eigenvalue weighted by atomic mass is 16.1. The fraction of sp³-hybridized carbons (Fsp3) is 0. The molecule has 0 heterocycles. The Bertz CT molecular complexity index is 2840. The maximum Gasteiger partial charge on any atom is 0.195 e. The van der Waals surface area contributed by atoms with Gasteiger partial charge in [0.2, 0.25) is 0 Å². The standard InChI is InChI=1S/C54H32O2/c55-53-49-45(41-25-9-17-33-13-1-5-21-37(33)41)29-30-46(42-26-10-18-34-14-2-6-22-38(34)42)50(49)54(56)52-48(44-28-12-20-36-16-4-8-24-40(36)44)32-31-47(51(52)53)43-27-11-19-35-15-3-7-23-39(35)43/h1-32H. The van der Waals surface area contributed by atoms with E-state index < -0.39 is 0 Å². The summed E-state index contributed by atoms with van der Waals surface area (Å²) in [6.07, 6.45) is 0. The third kappa shape index (κ3) is 4.76. The Labute approximate surface area is 323 Å². The van der Waals surface area contributed by atoms with E-state index in [2.05, 4.69) is 121 Å². The van der Waals surface area contributed by atoms with Gasteiger partial charge in [-0.1, -0.05) is 194 Å². The minimum absolute atomic E-state index is 0.148. The summed E-state index contributed by atoms with van der Waals surface area (Å²) in [5.41, 5.74) is 8.48. The summed E-state index contributed by atoms with van der Waals surface area (Å²) in [5, 5.41) is 8.39. The van der Waals surface area contributed by atoms with Crippen LogP contribution in [0, 0.1) is 0 Å². The molecule has 2 nitrogen and oxygen atoms in total. The Hall–Kier alpha value is -7.42. The monoisotopic (exact) mass is 712 g/mol. The Balaban J connectivity index is 1.29. The van der Waals surface area contributed by atoms with E-state index in [4.69, 9.17) is 0 Å². The molecule has 1 aliphatic carbocycles. The Morgan fingerprint density at radius 3 is 0.661 bits per heavy atom. The minimum atomic E-state index is -0.148. The number of benzene rings is 10. The molecule has 56 heavy (non-hydrogen) atoms. The number of hydrogen-bond acceptors (Lipinski definition) is 2. The average Bonchev–Trinajstić information content (AvgIpc) is 3.26. The van der Waals surface area contributed by atoms with Crippen LogP contribution < -0.4 is 0 Å². The molecule has 260 valence electrons. The summed E-state index contributed by atoms with van der Waals surface area (Å²) in [6.45, 7) is 0. The van der Waals surface area contributed by atoms with Crippen LogP contribution in [0.25, 0.3) is 87.6 Å². The number of carbonyl (C=O) groups excluding carboxylic acids is 2. The Morgan fingerprint density at radius 1 is 0.196 bits per heavy atom. The molecule has 0 fully saturated rings. The van der Waals surface area contributed by atoms with Crippen LogP contribution in [-0.2, 0) is 0 Å². The molecule has 0 saturated carbocycles. The van der Waals surface area contributed by atoms with Gasteiger partial charge < -0.3 is 0 Å². The molecule has 0 bridgehead atoms. The van der Waals surface area contributed by atoms with E-state index in [1.54, 1.807) is 0 Å². The van der Waals surface area contributed by atoms with Gasteiger partial charge in [-0.2, -0.15) is 0 Å². The van der Waals surface area contributed by atoms with E-state index in [-0.39, 0.29) is 11.6 Å². The predicted octanol–water partition coefficient (Wildman–Crippen LogP) is 13.7. The topological polar surface area (TPSA) is 34.1 Å². The van der Waals surface area contributed by atoms with Crippen LogP contribution in [0.1, 0.15) is 31.8 Å². The number of ketones is 2. The molecule has 0 atom stereocenters. The van der Waals surface area contributed by atoms with Crippen molar-refractivity contribution in [3.05, 3.63) is 216 Å². The number of fused-ring (bicyclic) bond motifs is 6. The van der Waals surface area contributed by atoms with Crippen LogP contribution in [0.3, 0.4) is 0 Å². The van der Waals surface area contributed by atoms with Gasteiger partial charge in [-0.15, -0.1) is 0 Å². The lowest BCUT2D eigenvalue weighted by Crippen LogP contribution is -2.25. The number of carbonyl (C=O) groups is 2. The van der Waals surface area contributed by atoms with Crippen LogP contribution in [-0.4, -0.2) is 11.6 Å². The van der Waals surface area contributed by atoms with E-state index in [0.717, 1.165) is 87.6 Å². The van der Waals surface area contributed by atoms with Crippen molar-refractivity contribution in [3.8, 4) is 44.5 Å². The maximum absolute atomic E-state index is 16.1. The second-order valence-corrected chi connectivity index (χ2v) is 14.6. The smallest absolute Gasteiger partial charge is 0.195 e. The zero-order chi connectivity index (χ0) is 37.3. The molecule has 2 heteroatoms. The molecule has 0 amide bonds. The molecule has 10 aromatic carbocycles. The molecule has 0 saturated heterocycles. The van der Waals surface area contributed by atoms with Gasteiger partial charge in [0, 0.05) is 22.3 Å². The first-order valence-corrected chi connectivity index (χ1v) is 19.0. The summed E-state index contributed by atoms with van der Waals surface area (Å²) >= 11 is 0. The van der Waals surface area contributed by atoms with Crippen molar-refractivity contribution in [2.24, 2.45) is 0 Å². The van der Waals surface area contributed by atoms with Crippen LogP contribution in [0.5, 0.6) is 0 Å². The van der Waals surface area contributed by atoms with Crippen LogP contribution in [0.2, 0.25) is 0 Å². The summed E-state index contributed by atoms with van der Waals surface area (Å²) in [5.74, 6) is -0.297. The van der Waals surface area contributed by atoms with E-state index in [1.807, 2.05) is 72.8 Å². The first-order valence-electron chi connectivity index (χ1n) is 19.0. The largest absolute Gasteiger partial charge is 0.289 e. The highest BCUT2D eigenvalue weighted by Crippen LogP contribution is 2.48. The van der Waals surface area contributed by atoms with Crippen molar-refractivity contribution < 1.29 is 9.59 Å². The molecule has 11 rings (SSSR count). The van der Waals surface area contributed by atoms with Crippen molar-refractivity contribution in [2.75, 3.05) is 0 Å². The lowest BCUT2D eigenvalue weighted by atomic mass is 9.72. The van der Waals surface area contributed by atoms with Gasteiger partial charge in [0.25, 0.3) is 0 Å². The van der Waals surface area contributed by atoms with E-state index >= 15 is 9.59 Å². The summed E-state index contributed by atoms with van der Waals surface area (Å²) in [6, 6.07) is 66.0. The summed E-state index contributed by atoms with van der Waals surface area (Å²) in [7, 11) is 0. The molecule has 1 aliphatic rings. The zero-order valence-corrected chi connectivity index (χ0v) is 30.3. The number of rotatable bonds is 4. The van der Waals surface area contributed by atoms with Gasteiger partial charge in [0.15, 0.2) is 11.6 Å². The highest BCUT2D eigenvalue weighted by molar-refractivity contribution is 6.36. The Morgan fingerprint density at radius 2 is 0.411 bits per heavy atom. The first kappa shape index (κ1) is 32.0. The lowest BCUT2D eigenvalue weighted by molar-refractivity contribution is 0.0981. The van der Waals surface area contributed by atoms with Gasteiger partial charge in [0.1, 0.15) is 0 Å². The van der Waals surface area contributed by atoms with Crippen LogP contribution in [0.15, 0.2) is 194 Å². The molecular weight excluding hydrogens is 681 g/mol. The van der Waals surface area contributed by atoms with Crippen molar-refractivity contribution in [3.63, 3.8) is 0 Å². The molecule has 0 aliphatic heterocycles.